The van der Waals surface area contributed by atoms with Gasteiger partial charge in [-0.25, -0.2) is 0 Å². The number of carbonyl (C=O) groups is 2. The van der Waals surface area contributed by atoms with Gasteiger partial charge in [-0.3, -0.25) is 19.9 Å². The number of hydrogen-bond donors (Lipinski definition) is 1. The maximum Gasteiger partial charge on any atom is 0.286 e. The molecule has 1 aromatic carbocycles. The zero-order valence-corrected chi connectivity index (χ0v) is 14.8. The molecule has 7 heteroatoms. The second kappa shape index (κ2) is 8.50. The third-order valence-corrected chi connectivity index (χ3v) is 4.89. The van der Waals surface area contributed by atoms with Gasteiger partial charge in [-0.1, -0.05) is 30.0 Å². The molecule has 0 bridgehead atoms. The molecule has 132 valence electrons. The number of aromatic nitrogens is 1. The largest absolute Gasteiger partial charge is 0.493 e. The highest BCUT2D eigenvalue weighted by molar-refractivity contribution is 8.15. The van der Waals surface area contributed by atoms with Crippen LogP contribution in [0, 0.1) is 11.3 Å². The van der Waals surface area contributed by atoms with Crippen LogP contribution in [0.2, 0.25) is 0 Å². The van der Waals surface area contributed by atoms with Crippen molar-refractivity contribution in [1.82, 2.24) is 10.3 Å². The van der Waals surface area contributed by atoms with E-state index in [0.29, 0.717) is 25.9 Å². The molecule has 1 fully saturated rings. The Bertz CT molecular complexity index is 829. The Kier molecular flexibility index (Phi) is 5.87. The van der Waals surface area contributed by atoms with Crippen LogP contribution < -0.4 is 10.1 Å². The summed E-state index contributed by atoms with van der Waals surface area (Å²) >= 11 is 1.03. The van der Waals surface area contributed by atoms with Crippen molar-refractivity contribution in [3.05, 3.63) is 59.4 Å². The number of nitrogens with zero attached hydrogens (tertiary/aromatic N) is 2. The van der Waals surface area contributed by atoms with Crippen molar-refractivity contribution < 1.29 is 14.3 Å². The molecule has 2 heterocycles. The molecule has 0 saturated carbocycles. The predicted molar refractivity (Wildman–Crippen MR) is 97.8 cm³/mol. The van der Waals surface area contributed by atoms with E-state index in [4.69, 9.17) is 10.00 Å². The molecule has 3 rings (SSSR count). The quantitative estimate of drug-likeness (QED) is 0.809. The summed E-state index contributed by atoms with van der Waals surface area (Å²) in [5.74, 6) is 0.517. The molecule has 0 aliphatic carbocycles. The second-order valence-electron chi connectivity index (χ2n) is 5.82. The molecule has 1 unspecified atom stereocenters. The Labute approximate surface area is 155 Å². The molecular formula is C19H17N3O3S. The number of amides is 2. The van der Waals surface area contributed by atoms with E-state index in [1.54, 1.807) is 6.20 Å². The fraction of sp³-hybridized carbons (Fsp3) is 0.263. The van der Waals surface area contributed by atoms with Crippen LogP contribution in [0.4, 0.5) is 4.79 Å². The zero-order valence-electron chi connectivity index (χ0n) is 14.0. The van der Waals surface area contributed by atoms with Gasteiger partial charge >= 0.3 is 0 Å². The lowest BCUT2D eigenvalue weighted by Gasteiger charge is -2.08. The van der Waals surface area contributed by atoms with Crippen molar-refractivity contribution in [3.63, 3.8) is 0 Å². The van der Waals surface area contributed by atoms with Gasteiger partial charge in [0.2, 0.25) is 5.91 Å². The summed E-state index contributed by atoms with van der Waals surface area (Å²) in [6, 6.07) is 13.4. The van der Waals surface area contributed by atoms with Crippen LogP contribution in [0.3, 0.4) is 0 Å². The van der Waals surface area contributed by atoms with Crippen LogP contribution >= 0.6 is 11.8 Å². The van der Waals surface area contributed by atoms with Crippen LogP contribution in [-0.4, -0.2) is 28.0 Å². The van der Waals surface area contributed by atoms with Crippen molar-refractivity contribution in [2.24, 2.45) is 0 Å². The molecule has 1 aliphatic rings. The number of hydrogen-bond acceptors (Lipinski definition) is 6. The number of ether oxygens (including phenoxy) is 1. The Morgan fingerprint density at radius 1 is 1.15 bits per heavy atom. The van der Waals surface area contributed by atoms with Crippen LogP contribution in [0.15, 0.2) is 42.6 Å². The Hall–Kier alpha value is -2.85. The minimum absolute atomic E-state index is 0.228. The first-order valence-corrected chi connectivity index (χ1v) is 9.06. The minimum Gasteiger partial charge on any atom is -0.493 e. The fourth-order valence-electron chi connectivity index (χ4n) is 2.54. The SMILES string of the molecule is N#CCc1ccc(CCOc2ccc(CC3SC(=O)NC3=O)cc2)nc1. The van der Waals surface area contributed by atoms with Gasteiger partial charge < -0.3 is 4.74 Å². The van der Waals surface area contributed by atoms with Crippen LogP contribution in [-0.2, 0) is 24.1 Å². The zero-order chi connectivity index (χ0) is 18.4. The molecule has 26 heavy (non-hydrogen) atoms. The molecular weight excluding hydrogens is 350 g/mol. The third-order valence-electron chi connectivity index (χ3n) is 3.91. The van der Waals surface area contributed by atoms with E-state index >= 15 is 0 Å². The lowest BCUT2D eigenvalue weighted by molar-refractivity contribution is -0.118. The summed E-state index contributed by atoms with van der Waals surface area (Å²) in [7, 11) is 0. The molecule has 6 nitrogen and oxygen atoms in total. The first kappa shape index (κ1) is 18.0. The van der Waals surface area contributed by atoms with Crippen molar-refractivity contribution in [2.75, 3.05) is 6.61 Å². The summed E-state index contributed by atoms with van der Waals surface area (Å²) in [5, 5.41) is 10.3. The van der Waals surface area contributed by atoms with E-state index in [1.807, 2.05) is 36.4 Å². The normalized spacial score (nSPS) is 16.2. The number of thioether (sulfide) groups is 1. The molecule has 0 spiro atoms. The first-order chi connectivity index (χ1) is 12.6. The van der Waals surface area contributed by atoms with E-state index in [1.165, 1.54) is 0 Å². The molecule has 2 amide bonds. The Balaban J connectivity index is 1.46. The predicted octanol–water partition coefficient (Wildman–Crippen LogP) is 2.66. The number of pyridine rings is 1. The van der Waals surface area contributed by atoms with Gasteiger partial charge in [0.15, 0.2) is 0 Å². The number of nitrogens with one attached hydrogen (secondary N) is 1. The van der Waals surface area contributed by atoms with E-state index in [9.17, 15) is 9.59 Å². The molecule has 2 aromatic rings. The Morgan fingerprint density at radius 2 is 1.92 bits per heavy atom. The number of imide groups is 1. The lowest BCUT2D eigenvalue weighted by Crippen LogP contribution is -2.25. The highest BCUT2D eigenvalue weighted by Gasteiger charge is 2.31. The smallest absolute Gasteiger partial charge is 0.286 e. The highest BCUT2D eigenvalue weighted by atomic mass is 32.2. The molecule has 0 radical (unpaired) electrons. The van der Waals surface area contributed by atoms with Gasteiger partial charge in [-0.05, 0) is 35.7 Å². The van der Waals surface area contributed by atoms with Crippen molar-refractivity contribution in [1.29, 1.82) is 5.26 Å². The van der Waals surface area contributed by atoms with Crippen LogP contribution in [0.25, 0.3) is 0 Å². The molecule has 1 aliphatic heterocycles. The number of carbonyl (C=O) groups excluding carboxylic acids is 2. The summed E-state index contributed by atoms with van der Waals surface area (Å²) in [4.78, 5) is 27.1. The van der Waals surface area contributed by atoms with Crippen molar-refractivity contribution in [2.45, 2.75) is 24.5 Å². The molecule has 1 aromatic heterocycles. The topological polar surface area (TPSA) is 92.1 Å². The summed E-state index contributed by atoms with van der Waals surface area (Å²) in [6.45, 7) is 0.499. The number of benzene rings is 1. The van der Waals surface area contributed by atoms with Crippen LogP contribution in [0.1, 0.15) is 16.8 Å². The van der Waals surface area contributed by atoms with Crippen molar-refractivity contribution >= 4 is 22.9 Å². The second-order valence-corrected chi connectivity index (χ2v) is 7.00. The van der Waals surface area contributed by atoms with E-state index in [-0.39, 0.29) is 16.4 Å². The van der Waals surface area contributed by atoms with E-state index in [2.05, 4.69) is 16.4 Å². The monoisotopic (exact) mass is 367 g/mol. The average Bonchev–Trinajstić information content (AvgIpc) is 2.95. The highest BCUT2D eigenvalue weighted by Crippen LogP contribution is 2.23. The molecule has 1 N–H and O–H groups in total. The van der Waals surface area contributed by atoms with Gasteiger partial charge in [-0.2, -0.15) is 5.26 Å². The lowest BCUT2D eigenvalue weighted by atomic mass is 10.1. The van der Waals surface area contributed by atoms with Gasteiger partial charge in [0, 0.05) is 18.3 Å². The number of rotatable bonds is 7. The van der Waals surface area contributed by atoms with Crippen molar-refractivity contribution in [3.8, 4) is 11.8 Å². The summed E-state index contributed by atoms with van der Waals surface area (Å²) < 4.78 is 5.72. The molecule has 1 saturated heterocycles. The van der Waals surface area contributed by atoms with Gasteiger partial charge in [0.1, 0.15) is 5.75 Å². The standard InChI is InChI=1S/C19H17N3O3S/c20-9-7-14-1-4-15(21-12-14)8-10-25-16-5-2-13(3-6-16)11-17-18(23)22-19(24)26-17/h1-6,12,17H,7-8,10-11H2,(H,22,23,24). The van der Waals surface area contributed by atoms with E-state index < -0.39 is 0 Å². The van der Waals surface area contributed by atoms with E-state index in [0.717, 1.165) is 34.3 Å². The average molecular weight is 367 g/mol. The van der Waals surface area contributed by atoms with Crippen LogP contribution in [0.5, 0.6) is 5.75 Å². The minimum atomic E-state index is -0.357. The maximum absolute atomic E-state index is 11.6. The Morgan fingerprint density at radius 3 is 2.54 bits per heavy atom. The van der Waals surface area contributed by atoms with Gasteiger partial charge in [-0.15, -0.1) is 0 Å². The summed E-state index contributed by atoms with van der Waals surface area (Å²) in [6.07, 6.45) is 3.28. The third kappa shape index (κ3) is 4.83. The first-order valence-electron chi connectivity index (χ1n) is 8.18. The number of nitriles is 1. The summed E-state index contributed by atoms with van der Waals surface area (Å²) in [5.41, 5.74) is 2.80. The fourth-order valence-corrected chi connectivity index (χ4v) is 3.40. The molecule has 1 atom stereocenters. The maximum atomic E-state index is 11.6. The van der Waals surface area contributed by atoms with Gasteiger partial charge in [0.05, 0.1) is 24.3 Å². The van der Waals surface area contributed by atoms with Gasteiger partial charge in [0.25, 0.3) is 5.24 Å².